The van der Waals surface area contributed by atoms with Crippen LogP contribution in [-0.2, 0) is 4.74 Å². The summed E-state index contributed by atoms with van der Waals surface area (Å²) in [6, 6.07) is 6.47. The lowest BCUT2D eigenvalue weighted by Gasteiger charge is -2.06. The number of ketones is 1. The number of hydrogen-bond acceptors (Lipinski definition) is 6. The Morgan fingerprint density at radius 3 is 2.60 bits per heavy atom. The van der Waals surface area contributed by atoms with Crippen molar-refractivity contribution in [2.24, 2.45) is 0 Å². The number of carbonyl (C=O) groups is 3. The van der Waals surface area contributed by atoms with Crippen LogP contribution in [0.25, 0.3) is 11.3 Å². The third kappa shape index (κ3) is 4.40. The number of H-pyrrole nitrogens is 1. The summed E-state index contributed by atoms with van der Waals surface area (Å²) in [6.07, 6.45) is 0. The topological polar surface area (TPSA) is 101 Å². The van der Waals surface area contributed by atoms with E-state index in [9.17, 15) is 14.4 Å². The van der Waals surface area contributed by atoms with Gasteiger partial charge in [0.15, 0.2) is 5.78 Å². The molecule has 0 fully saturated rings. The number of amides is 1. The van der Waals surface area contributed by atoms with E-state index in [0.717, 1.165) is 11.3 Å². The van der Waals surface area contributed by atoms with E-state index < -0.39 is 11.9 Å². The maximum Gasteiger partial charge on any atom is 0.341 e. The van der Waals surface area contributed by atoms with Gasteiger partial charge in [-0.15, -0.1) is 11.3 Å². The van der Waals surface area contributed by atoms with E-state index in [0.29, 0.717) is 31.7 Å². The number of esters is 1. The fraction of sp³-hybridized carbons (Fsp3) is 0.200. The molecular formula is C20H17Cl2N3O4S. The third-order valence-corrected chi connectivity index (χ3v) is 6.06. The van der Waals surface area contributed by atoms with Crippen molar-refractivity contribution in [1.82, 2.24) is 10.2 Å². The molecule has 0 atom stereocenters. The van der Waals surface area contributed by atoms with Crippen molar-refractivity contribution < 1.29 is 19.1 Å². The maximum atomic E-state index is 12.8. The van der Waals surface area contributed by atoms with Crippen LogP contribution in [0.15, 0.2) is 24.3 Å². The smallest absolute Gasteiger partial charge is 0.341 e. The quantitative estimate of drug-likeness (QED) is 0.375. The number of aromatic nitrogens is 2. The fourth-order valence-electron chi connectivity index (χ4n) is 2.83. The highest BCUT2D eigenvalue weighted by atomic mass is 35.5. The van der Waals surface area contributed by atoms with E-state index in [1.165, 1.54) is 13.0 Å². The molecule has 3 rings (SSSR count). The van der Waals surface area contributed by atoms with E-state index in [-0.39, 0.29) is 28.6 Å². The molecule has 0 radical (unpaired) electrons. The van der Waals surface area contributed by atoms with Crippen molar-refractivity contribution >= 4 is 57.2 Å². The van der Waals surface area contributed by atoms with Crippen LogP contribution in [0.2, 0.25) is 10.0 Å². The van der Waals surface area contributed by atoms with Crippen LogP contribution in [0.5, 0.6) is 0 Å². The molecule has 0 bridgehead atoms. The summed E-state index contributed by atoms with van der Waals surface area (Å²) in [6.45, 7) is 4.89. The highest BCUT2D eigenvalue weighted by Crippen LogP contribution is 2.35. The standard InChI is InChI=1S/C20H17Cl2N3O4S/c1-4-29-20(28)16-9(2)17(10(3)26)30-19(16)23-18(27)15-8-14(24-25-15)12-6-5-11(21)7-13(12)22/h5-8H,4H2,1-3H3,(H,23,27)(H,24,25). The first-order chi connectivity index (χ1) is 14.2. The number of halogens is 2. The first-order valence-corrected chi connectivity index (χ1v) is 10.4. The van der Waals surface area contributed by atoms with Gasteiger partial charge in [-0.05, 0) is 50.6 Å². The lowest BCUT2D eigenvalue weighted by atomic mass is 10.1. The Bertz CT molecular complexity index is 1150. The average molecular weight is 466 g/mol. The number of benzene rings is 1. The van der Waals surface area contributed by atoms with E-state index in [4.69, 9.17) is 27.9 Å². The molecule has 0 saturated heterocycles. The second-order valence-corrected chi connectivity index (χ2v) is 8.15. The number of rotatable bonds is 6. The number of aromatic amines is 1. The van der Waals surface area contributed by atoms with Crippen LogP contribution >= 0.6 is 34.5 Å². The van der Waals surface area contributed by atoms with Gasteiger partial charge in [0.2, 0.25) is 0 Å². The molecule has 2 aromatic heterocycles. The molecule has 3 aromatic rings. The third-order valence-electron chi connectivity index (χ3n) is 4.20. The number of ether oxygens (including phenoxy) is 1. The van der Waals surface area contributed by atoms with Crippen molar-refractivity contribution in [3.63, 3.8) is 0 Å². The SMILES string of the molecule is CCOC(=O)c1c(NC(=O)c2cc(-c3ccc(Cl)cc3Cl)n[nH]2)sc(C(C)=O)c1C. The van der Waals surface area contributed by atoms with Gasteiger partial charge < -0.3 is 10.1 Å². The van der Waals surface area contributed by atoms with Crippen molar-refractivity contribution in [3.05, 3.63) is 56.0 Å². The zero-order valence-electron chi connectivity index (χ0n) is 16.3. The summed E-state index contributed by atoms with van der Waals surface area (Å²) in [5.74, 6) is -1.34. The molecule has 0 saturated carbocycles. The Morgan fingerprint density at radius 1 is 1.23 bits per heavy atom. The minimum absolute atomic E-state index is 0.154. The zero-order valence-corrected chi connectivity index (χ0v) is 18.6. The lowest BCUT2D eigenvalue weighted by Crippen LogP contribution is -2.15. The van der Waals surface area contributed by atoms with Gasteiger partial charge in [-0.2, -0.15) is 5.10 Å². The lowest BCUT2D eigenvalue weighted by molar-refractivity contribution is 0.0527. The summed E-state index contributed by atoms with van der Waals surface area (Å²) in [5.41, 5.74) is 1.86. The molecule has 1 amide bonds. The van der Waals surface area contributed by atoms with E-state index >= 15 is 0 Å². The number of thiophene rings is 1. The number of nitrogens with zero attached hydrogens (tertiary/aromatic N) is 1. The van der Waals surface area contributed by atoms with Gasteiger partial charge in [-0.3, -0.25) is 14.7 Å². The summed E-state index contributed by atoms with van der Waals surface area (Å²) in [4.78, 5) is 37.4. The Labute approximate surface area is 186 Å². The summed E-state index contributed by atoms with van der Waals surface area (Å²) in [5, 5.41) is 10.6. The molecule has 30 heavy (non-hydrogen) atoms. The maximum absolute atomic E-state index is 12.8. The number of Topliss-reactive ketones (excluding diaryl/α,β-unsaturated/α-hetero) is 1. The number of nitrogens with one attached hydrogen (secondary N) is 2. The molecule has 0 aliphatic rings. The fourth-order valence-corrected chi connectivity index (χ4v) is 4.42. The van der Waals surface area contributed by atoms with Gasteiger partial charge in [0.05, 0.1) is 27.8 Å². The predicted octanol–water partition coefficient (Wildman–Crippen LogP) is 5.39. The molecule has 2 heterocycles. The van der Waals surface area contributed by atoms with Gasteiger partial charge >= 0.3 is 5.97 Å². The summed E-state index contributed by atoms with van der Waals surface area (Å²) >= 11 is 13.1. The van der Waals surface area contributed by atoms with Crippen molar-refractivity contribution in [3.8, 4) is 11.3 Å². The Morgan fingerprint density at radius 2 is 1.97 bits per heavy atom. The Hall–Kier alpha value is -2.68. The molecule has 10 heteroatoms. The molecule has 0 spiro atoms. The molecule has 7 nitrogen and oxygen atoms in total. The van der Waals surface area contributed by atoms with E-state index in [2.05, 4.69) is 15.5 Å². The minimum Gasteiger partial charge on any atom is -0.462 e. The molecule has 0 aliphatic heterocycles. The Balaban J connectivity index is 1.91. The van der Waals surface area contributed by atoms with Crippen molar-refractivity contribution in [1.29, 1.82) is 0 Å². The number of carbonyl (C=O) groups excluding carboxylic acids is 3. The molecule has 1 aromatic carbocycles. The van der Waals surface area contributed by atoms with E-state index in [1.807, 2.05) is 0 Å². The first kappa shape index (κ1) is 22.0. The summed E-state index contributed by atoms with van der Waals surface area (Å²) in [7, 11) is 0. The van der Waals surface area contributed by atoms with Crippen LogP contribution in [0.4, 0.5) is 5.00 Å². The molecule has 0 aliphatic carbocycles. The van der Waals surface area contributed by atoms with E-state index in [1.54, 1.807) is 32.0 Å². The molecular weight excluding hydrogens is 449 g/mol. The average Bonchev–Trinajstić information content (AvgIpc) is 3.27. The number of hydrogen-bond donors (Lipinski definition) is 2. The predicted molar refractivity (Wildman–Crippen MR) is 117 cm³/mol. The monoisotopic (exact) mass is 465 g/mol. The molecule has 156 valence electrons. The van der Waals surface area contributed by atoms with Crippen molar-refractivity contribution in [2.75, 3.05) is 11.9 Å². The molecule has 0 unspecified atom stereocenters. The van der Waals surface area contributed by atoms with Gasteiger partial charge in [0, 0.05) is 10.6 Å². The largest absolute Gasteiger partial charge is 0.462 e. The van der Waals surface area contributed by atoms with Gasteiger partial charge in [0.25, 0.3) is 5.91 Å². The van der Waals surface area contributed by atoms with Crippen LogP contribution in [0.1, 0.15) is 49.9 Å². The van der Waals surface area contributed by atoms with Gasteiger partial charge in [-0.1, -0.05) is 23.2 Å². The van der Waals surface area contributed by atoms with Gasteiger partial charge in [-0.25, -0.2) is 4.79 Å². The van der Waals surface area contributed by atoms with Crippen LogP contribution < -0.4 is 5.32 Å². The highest BCUT2D eigenvalue weighted by molar-refractivity contribution is 7.18. The molecule has 2 N–H and O–H groups in total. The second kappa shape index (κ2) is 8.99. The van der Waals surface area contributed by atoms with Crippen molar-refractivity contribution in [2.45, 2.75) is 20.8 Å². The normalized spacial score (nSPS) is 10.7. The highest BCUT2D eigenvalue weighted by Gasteiger charge is 2.26. The zero-order chi connectivity index (χ0) is 22.0. The van der Waals surface area contributed by atoms with Crippen LogP contribution in [-0.4, -0.2) is 34.5 Å². The van der Waals surface area contributed by atoms with Crippen LogP contribution in [0.3, 0.4) is 0 Å². The number of anilines is 1. The minimum atomic E-state index is -0.604. The van der Waals surface area contributed by atoms with Crippen LogP contribution in [0, 0.1) is 6.92 Å². The first-order valence-electron chi connectivity index (χ1n) is 8.86. The second-order valence-electron chi connectivity index (χ2n) is 6.28. The summed E-state index contributed by atoms with van der Waals surface area (Å²) < 4.78 is 5.07. The Kier molecular flexibility index (Phi) is 6.60. The van der Waals surface area contributed by atoms with Gasteiger partial charge in [0.1, 0.15) is 10.7 Å².